The number of hydrogen-bond donors (Lipinski definition) is 0. The third-order valence-corrected chi connectivity index (χ3v) is 7.64. The van der Waals surface area contributed by atoms with Crippen LogP contribution in [0.15, 0.2) is 18.2 Å². The fraction of sp³-hybridized carbons (Fsp3) is 0.741. The average molecular weight is 417 g/mol. The van der Waals surface area contributed by atoms with E-state index in [0.29, 0.717) is 0 Å². The summed E-state index contributed by atoms with van der Waals surface area (Å²) in [5, 5.41) is 0. The molecule has 1 aromatic carbocycles. The van der Waals surface area contributed by atoms with E-state index in [1.165, 1.54) is 44.6 Å². The highest BCUT2D eigenvalue weighted by molar-refractivity contribution is 5.75. The third kappa shape index (κ3) is 6.56. The maximum absolute atomic E-state index is 14.4. The van der Waals surface area contributed by atoms with Crippen molar-refractivity contribution in [2.24, 2.45) is 23.7 Å². The average Bonchev–Trinajstić information content (AvgIpc) is 2.76. The molecule has 168 valence electrons. The molecule has 0 atom stereocenters. The molecular formula is C27H41FO2. The molecule has 0 aromatic heterocycles. The van der Waals surface area contributed by atoms with Crippen LogP contribution >= 0.6 is 0 Å². The maximum atomic E-state index is 14.4. The predicted octanol–water partition coefficient (Wildman–Crippen LogP) is 7.88. The first-order valence-electron chi connectivity index (χ1n) is 12.6. The van der Waals surface area contributed by atoms with Gasteiger partial charge >= 0.3 is 5.97 Å². The van der Waals surface area contributed by atoms with Gasteiger partial charge < -0.3 is 4.74 Å². The minimum Gasteiger partial charge on any atom is -0.423 e. The fourth-order valence-electron chi connectivity index (χ4n) is 5.74. The van der Waals surface area contributed by atoms with Crippen LogP contribution in [-0.2, 0) is 11.2 Å². The number of benzene rings is 1. The number of carbonyl (C=O) groups excluding carboxylic acids is 1. The van der Waals surface area contributed by atoms with Crippen LogP contribution in [0, 0.1) is 29.5 Å². The fourth-order valence-corrected chi connectivity index (χ4v) is 5.74. The molecule has 2 nitrogen and oxygen atoms in total. The van der Waals surface area contributed by atoms with Crippen LogP contribution in [0.1, 0.15) is 103 Å². The molecule has 2 saturated carbocycles. The van der Waals surface area contributed by atoms with E-state index in [-0.39, 0.29) is 17.6 Å². The van der Waals surface area contributed by atoms with Crippen LogP contribution in [-0.4, -0.2) is 5.97 Å². The van der Waals surface area contributed by atoms with Crippen molar-refractivity contribution in [2.45, 2.75) is 104 Å². The third-order valence-electron chi connectivity index (χ3n) is 7.64. The lowest BCUT2D eigenvalue weighted by Gasteiger charge is -2.37. The molecule has 0 aliphatic heterocycles. The van der Waals surface area contributed by atoms with Gasteiger partial charge in [-0.25, -0.2) is 4.39 Å². The van der Waals surface area contributed by atoms with Gasteiger partial charge in [-0.1, -0.05) is 58.4 Å². The molecule has 0 amide bonds. The zero-order valence-corrected chi connectivity index (χ0v) is 19.1. The minimum absolute atomic E-state index is 0.0682. The highest BCUT2D eigenvalue weighted by Gasteiger charge is 2.33. The van der Waals surface area contributed by atoms with Crippen molar-refractivity contribution in [3.05, 3.63) is 29.6 Å². The van der Waals surface area contributed by atoms with E-state index in [1.807, 2.05) is 6.07 Å². The van der Waals surface area contributed by atoms with Crippen molar-refractivity contribution < 1.29 is 13.9 Å². The summed E-state index contributed by atoms with van der Waals surface area (Å²) < 4.78 is 19.9. The first kappa shape index (κ1) is 23.3. The van der Waals surface area contributed by atoms with Gasteiger partial charge in [0.25, 0.3) is 0 Å². The summed E-state index contributed by atoms with van der Waals surface area (Å²) >= 11 is 0. The number of esters is 1. The Hall–Kier alpha value is -1.38. The second-order valence-corrected chi connectivity index (χ2v) is 9.82. The molecule has 2 aliphatic carbocycles. The summed E-state index contributed by atoms with van der Waals surface area (Å²) in [5.41, 5.74) is 0.981. The van der Waals surface area contributed by atoms with Gasteiger partial charge in [-0.05, 0) is 86.8 Å². The van der Waals surface area contributed by atoms with Crippen molar-refractivity contribution in [3.63, 3.8) is 0 Å². The van der Waals surface area contributed by atoms with Gasteiger partial charge in [-0.15, -0.1) is 0 Å². The smallest absolute Gasteiger partial charge is 0.314 e. The highest BCUT2D eigenvalue weighted by Crippen LogP contribution is 2.42. The van der Waals surface area contributed by atoms with Gasteiger partial charge in [0.1, 0.15) is 0 Å². The summed E-state index contributed by atoms with van der Waals surface area (Å²) in [6, 6.07) is 5.06. The number of ether oxygens (including phenoxy) is 1. The molecule has 0 N–H and O–H groups in total. The van der Waals surface area contributed by atoms with E-state index >= 15 is 0 Å². The molecular weight excluding hydrogens is 375 g/mol. The Labute approximate surface area is 183 Å². The quantitative estimate of drug-likeness (QED) is 0.232. The van der Waals surface area contributed by atoms with E-state index in [0.717, 1.165) is 74.7 Å². The lowest BCUT2D eigenvalue weighted by Crippen LogP contribution is -2.30. The monoisotopic (exact) mass is 416 g/mol. The molecule has 0 unspecified atom stereocenters. The Morgan fingerprint density at radius 3 is 2.20 bits per heavy atom. The van der Waals surface area contributed by atoms with Crippen molar-refractivity contribution in [2.75, 3.05) is 0 Å². The normalized spacial score (nSPS) is 27.0. The van der Waals surface area contributed by atoms with Crippen molar-refractivity contribution in [3.8, 4) is 5.75 Å². The van der Waals surface area contributed by atoms with E-state index in [2.05, 4.69) is 13.8 Å². The van der Waals surface area contributed by atoms with Crippen molar-refractivity contribution in [1.82, 2.24) is 0 Å². The van der Waals surface area contributed by atoms with Gasteiger partial charge in [0, 0.05) is 0 Å². The van der Waals surface area contributed by atoms with E-state index in [9.17, 15) is 9.18 Å². The van der Waals surface area contributed by atoms with Crippen LogP contribution < -0.4 is 4.74 Å². The molecule has 1 aromatic rings. The number of aryl methyl sites for hydroxylation is 1. The number of halogens is 1. The van der Waals surface area contributed by atoms with Crippen LogP contribution in [0.25, 0.3) is 0 Å². The van der Waals surface area contributed by atoms with Gasteiger partial charge in [0.05, 0.1) is 5.92 Å². The van der Waals surface area contributed by atoms with Gasteiger partial charge in [-0.3, -0.25) is 4.79 Å². The van der Waals surface area contributed by atoms with Crippen molar-refractivity contribution in [1.29, 1.82) is 0 Å². The number of hydrogen-bond acceptors (Lipinski definition) is 2. The van der Waals surface area contributed by atoms with Crippen molar-refractivity contribution >= 4 is 5.97 Å². The largest absolute Gasteiger partial charge is 0.423 e. The second-order valence-electron chi connectivity index (χ2n) is 9.82. The Balaban J connectivity index is 1.43. The van der Waals surface area contributed by atoms with Gasteiger partial charge in [0.15, 0.2) is 11.6 Å². The minimum atomic E-state index is -0.408. The first-order valence-corrected chi connectivity index (χ1v) is 12.6. The molecule has 2 aliphatic rings. The summed E-state index contributed by atoms with van der Waals surface area (Å²) in [6.07, 6.45) is 16.5. The maximum Gasteiger partial charge on any atom is 0.314 e. The molecule has 0 spiro atoms. The van der Waals surface area contributed by atoms with Crippen LogP contribution in [0.2, 0.25) is 0 Å². The lowest BCUT2D eigenvalue weighted by molar-refractivity contribution is -0.140. The number of carbonyl (C=O) groups is 1. The predicted molar refractivity (Wildman–Crippen MR) is 121 cm³/mol. The Morgan fingerprint density at radius 2 is 1.60 bits per heavy atom. The summed E-state index contributed by atoms with van der Waals surface area (Å²) in [4.78, 5) is 12.6. The Morgan fingerprint density at radius 1 is 0.933 bits per heavy atom. The molecule has 0 heterocycles. The molecule has 3 heteroatoms. The van der Waals surface area contributed by atoms with Crippen LogP contribution in [0.3, 0.4) is 0 Å². The van der Waals surface area contributed by atoms with E-state index in [1.54, 1.807) is 6.07 Å². The molecule has 3 rings (SSSR count). The van der Waals surface area contributed by atoms with Crippen LogP contribution in [0.4, 0.5) is 4.39 Å². The second kappa shape index (κ2) is 11.9. The zero-order valence-electron chi connectivity index (χ0n) is 19.1. The van der Waals surface area contributed by atoms with Gasteiger partial charge in [0.2, 0.25) is 0 Å². The summed E-state index contributed by atoms with van der Waals surface area (Å²) in [6.45, 7) is 4.45. The standard InChI is InChI=1S/C27H41FO2/c1-3-5-6-8-21-11-18-26(25(28)19-21)30-27(29)24-16-14-23(15-17-24)22-12-9-20(7-4-2)10-13-22/h11,18-20,22-24H,3-10,12-17H2,1-2H3/t20-,22-,23?,24?. The topological polar surface area (TPSA) is 26.3 Å². The first-order chi connectivity index (χ1) is 14.6. The SMILES string of the molecule is CCCCCc1ccc(OC(=O)C2CCC([C@H]3CC[C@H](CCC)CC3)CC2)c(F)c1. The summed E-state index contributed by atoms with van der Waals surface area (Å²) in [5.74, 6) is 1.96. The molecule has 0 bridgehead atoms. The van der Waals surface area contributed by atoms with E-state index < -0.39 is 5.82 Å². The van der Waals surface area contributed by atoms with Gasteiger partial charge in [-0.2, -0.15) is 0 Å². The molecule has 30 heavy (non-hydrogen) atoms. The highest BCUT2D eigenvalue weighted by atomic mass is 19.1. The Kier molecular flexibility index (Phi) is 9.21. The summed E-state index contributed by atoms with van der Waals surface area (Å²) in [7, 11) is 0. The molecule has 0 saturated heterocycles. The van der Waals surface area contributed by atoms with Crippen LogP contribution in [0.5, 0.6) is 5.75 Å². The zero-order chi connectivity index (χ0) is 21.3. The number of rotatable bonds is 9. The molecule has 0 radical (unpaired) electrons. The molecule has 2 fully saturated rings. The number of unbranched alkanes of at least 4 members (excludes halogenated alkanes) is 2. The Bertz CT molecular complexity index is 655. The lowest BCUT2D eigenvalue weighted by atomic mass is 9.69. The van der Waals surface area contributed by atoms with E-state index in [4.69, 9.17) is 4.74 Å².